The van der Waals surface area contributed by atoms with E-state index in [4.69, 9.17) is 5.73 Å². The molecule has 2 rings (SSSR count). The summed E-state index contributed by atoms with van der Waals surface area (Å²) in [4.78, 5) is 4.56. The summed E-state index contributed by atoms with van der Waals surface area (Å²) in [6, 6.07) is 8.46. The highest BCUT2D eigenvalue weighted by Crippen LogP contribution is 2.27. The Balaban J connectivity index is 2.41. The zero-order valence-electron chi connectivity index (χ0n) is 11.9. The van der Waals surface area contributed by atoms with E-state index in [2.05, 4.69) is 49.7 Å². The molecule has 100 valence electrons. The van der Waals surface area contributed by atoms with Crippen molar-refractivity contribution in [1.82, 2.24) is 9.55 Å². The first-order chi connectivity index (χ1) is 9.04. The molecule has 19 heavy (non-hydrogen) atoms. The molecule has 1 heterocycles. The van der Waals surface area contributed by atoms with Gasteiger partial charge < -0.3 is 10.3 Å². The van der Waals surface area contributed by atoms with Gasteiger partial charge in [0.05, 0.1) is 0 Å². The van der Waals surface area contributed by atoms with E-state index in [1.54, 1.807) is 0 Å². The molecule has 1 aromatic heterocycles. The van der Waals surface area contributed by atoms with E-state index in [-0.39, 0.29) is 0 Å². The van der Waals surface area contributed by atoms with E-state index in [1.165, 1.54) is 5.56 Å². The summed E-state index contributed by atoms with van der Waals surface area (Å²) in [5.41, 5.74) is 9.42. The molecular formula is C16H21N3. The van der Waals surface area contributed by atoms with Gasteiger partial charge in [0.1, 0.15) is 17.3 Å². The maximum Gasteiger partial charge on any atom is 0.132 e. The van der Waals surface area contributed by atoms with Crippen molar-refractivity contribution in [3.05, 3.63) is 48.3 Å². The molecule has 1 aromatic carbocycles. The minimum absolute atomic E-state index is 0.534. The highest BCUT2D eigenvalue weighted by Gasteiger charge is 2.12. The minimum atomic E-state index is 0.534. The summed E-state index contributed by atoms with van der Waals surface area (Å²) in [5.74, 6) is 2.15. The second-order valence-corrected chi connectivity index (χ2v) is 5.07. The van der Waals surface area contributed by atoms with E-state index < -0.39 is 0 Å². The van der Waals surface area contributed by atoms with E-state index in [0.717, 1.165) is 17.1 Å². The quantitative estimate of drug-likeness (QED) is 0.845. The van der Waals surface area contributed by atoms with Gasteiger partial charge in [-0.3, -0.25) is 0 Å². The molecule has 0 aliphatic rings. The number of aryl methyl sites for hydroxylation is 1. The SMILES string of the molecule is C=CCn1c(C)nc(-c2ccc(C(C)C)cc2)c1N. The monoisotopic (exact) mass is 255 g/mol. The lowest BCUT2D eigenvalue weighted by molar-refractivity contribution is 0.792. The Hall–Kier alpha value is -2.03. The number of hydrogen-bond donors (Lipinski definition) is 1. The van der Waals surface area contributed by atoms with Crippen LogP contribution in [-0.4, -0.2) is 9.55 Å². The fourth-order valence-corrected chi connectivity index (χ4v) is 2.18. The second-order valence-electron chi connectivity index (χ2n) is 5.07. The van der Waals surface area contributed by atoms with Gasteiger partial charge in [-0.2, -0.15) is 0 Å². The standard InChI is InChI=1S/C16H21N3/c1-5-10-19-12(4)18-15(16(19)17)14-8-6-13(7-9-14)11(2)3/h5-9,11H,1,10,17H2,2-4H3. The predicted molar refractivity (Wildman–Crippen MR) is 81.1 cm³/mol. The van der Waals surface area contributed by atoms with Gasteiger partial charge in [-0.25, -0.2) is 4.98 Å². The van der Waals surface area contributed by atoms with Gasteiger partial charge in [-0.15, -0.1) is 6.58 Å². The summed E-state index contributed by atoms with van der Waals surface area (Å²) in [7, 11) is 0. The Bertz CT molecular complexity index is 577. The summed E-state index contributed by atoms with van der Waals surface area (Å²) in [6.45, 7) is 10.8. The van der Waals surface area contributed by atoms with Crippen LogP contribution in [0.5, 0.6) is 0 Å². The third-order valence-corrected chi connectivity index (χ3v) is 3.36. The molecule has 0 saturated carbocycles. The molecule has 0 unspecified atom stereocenters. The Morgan fingerprint density at radius 1 is 1.32 bits per heavy atom. The van der Waals surface area contributed by atoms with E-state index in [9.17, 15) is 0 Å². The number of benzene rings is 1. The van der Waals surface area contributed by atoms with Crippen LogP contribution in [0.25, 0.3) is 11.3 Å². The lowest BCUT2D eigenvalue weighted by Crippen LogP contribution is -2.03. The molecule has 2 N–H and O–H groups in total. The smallest absolute Gasteiger partial charge is 0.132 e. The zero-order chi connectivity index (χ0) is 14.0. The molecule has 0 saturated heterocycles. The number of nitrogens with two attached hydrogens (primary N) is 1. The van der Waals surface area contributed by atoms with Crippen molar-refractivity contribution in [2.75, 3.05) is 5.73 Å². The van der Waals surface area contributed by atoms with Crippen LogP contribution in [0.2, 0.25) is 0 Å². The molecule has 0 fully saturated rings. The fraction of sp³-hybridized carbons (Fsp3) is 0.312. The van der Waals surface area contributed by atoms with Gasteiger partial charge >= 0.3 is 0 Å². The summed E-state index contributed by atoms with van der Waals surface area (Å²) in [6.07, 6.45) is 1.83. The number of anilines is 1. The second kappa shape index (κ2) is 5.31. The van der Waals surface area contributed by atoms with Crippen LogP contribution in [0.3, 0.4) is 0 Å². The van der Waals surface area contributed by atoms with Crippen LogP contribution in [0.15, 0.2) is 36.9 Å². The Kier molecular flexibility index (Phi) is 3.74. The lowest BCUT2D eigenvalue weighted by atomic mass is 10.0. The Morgan fingerprint density at radius 2 is 1.95 bits per heavy atom. The number of nitrogens with zero attached hydrogens (tertiary/aromatic N) is 2. The number of rotatable bonds is 4. The Morgan fingerprint density at radius 3 is 2.47 bits per heavy atom. The van der Waals surface area contributed by atoms with Crippen LogP contribution < -0.4 is 5.73 Å². The molecule has 0 bridgehead atoms. The molecule has 0 atom stereocenters. The lowest BCUT2D eigenvalue weighted by Gasteiger charge is -2.07. The van der Waals surface area contributed by atoms with Gasteiger partial charge in [-0.1, -0.05) is 44.2 Å². The molecule has 3 heteroatoms. The normalized spacial score (nSPS) is 10.9. The average Bonchev–Trinajstić information content (AvgIpc) is 2.67. The molecule has 3 nitrogen and oxygen atoms in total. The van der Waals surface area contributed by atoms with Crippen molar-refractivity contribution < 1.29 is 0 Å². The molecule has 2 aromatic rings. The van der Waals surface area contributed by atoms with Crippen LogP contribution in [0.4, 0.5) is 5.82 Å². The molecule has 0 amide bonds. The van der Waals surface area contributed by atoms with Gasteiger partial charge in [0.2, 0.25) is 0 Å². The Labute approximate surface area is 114 Å². The van der Waals surface area contributed by atoms with Crippen molar-refractivity contribution in [1.29, 1.82) is 0 Å². The van der Waals surface area contributed by atoms with Crippen molar-refractivity contribution >= 4 is 5.82 Å². The predicted octanol–water partition coefficient (Wildman–Crippen LogP) is 3.75. The van der Waals surface area contributed by atoms with Gasteiger partial charge in [0.25, 0.3) is 0 Å². The first-order valence-electron chi connectivity index (χ1n) is 6.58. The largest absolute Gasteiger partial charge is 0.383 e. The highest BCUT2D eigenvalue weighted by molar-refractivity contribution is 5.71. The van der Waals surface area contributed by atoms with Gasteiger partial charge in [0.15, 0.2) is 0 Å². The minimum Gasteiger partial charge on any atom is -0.383 e. The van der Waals surface area contributed by atoms with Crippen LogP contribution >= 0.6 is 0 Å². The number of aromatic nitrogens is 2. The zero-order valence-corrected chi connectivity index (χ0v) is 11.9. The summed E-state index contributed by atoms with van der Waals surface area (Å²) >= 11 is 0. The van der Waals surface area contributed by atoms with Crippen molar-refractivity contribution in [3.63, 3.8) is 0 Å². The van der Waals surface area contributed by atoms with Crippen molar-refractivity contribution in [3.8, 4) is 11.3 Å². The summed E-state index contributed by atoms with van der Waals surface area (Å²) < 4.78 is 1.97. The molecule has 0 spiro atoms. The van der Waals surface area contributed by atoms with Crippen molar-refractivity contribution in [2.45, 2.75) is 33.2 Å². The number of nitrogen functional groups attached to an aromatic ring is 1. The fourth-order valence-electron chi connectivity index (χ4n) is 2.18. The third-order valence-electron chi connectivity index (χ3n) is 3.36. The number of imidazole rings is 1. The van der Waals surface area contributed by atoms with E-state index in [0.29, 0.717) is 18.3 Å². The van der Waals surface area contributed by atoms with E-state index in [1.807, 2.05) is 17.6 Å². The van der Waals surface area contributed by atoms with E-state index >= 15 is 0 Å². The molecule has 0 radical (unpaired) electrons. The molecular weight excluding hydrogens is 234 g/mol. The first kappa shape index (κ1) is 13.4. The van der Waals surface area contributed by atoms with Crippen LogP contribution in [-0.2, 0) is 6.54 Å². The summed E-state index contributed by atoms with van der Waals surface area (Å²) in [5, 5.41) is 0. The first-order valence-corrected chi connectivity index (χ1v) is 6.58. The average molecular weight is 255 g/mol. The maximum atomic E-state index is 6.17. The molecule has 0 aliphatic heterocycles. The van der Waals surface area contributed by atoms with Crippen molar-refractivity contribution in [2.24, 2.45) is 0 Å². The maximum absolute atomic E-state index is 6.17. The van der Waals surface area contributed by atoms with Crippen LogP contribution in [0.1, 0.15) is 31.2 Å². The van der Waals surface area contributed by atoms with Gasteiger partial charge in [-0.05, 0) is 18.4 Å². The topological polar surface area (TPSA) is 43.8 Å². The van der Waals surface area contributed by atoms with Gasteiger partial charge in [0, 0.05) is 12.1 Å². The number of allylic oxidation sites excluding steroid dienone is 1. The van der Waals surface area contributed by atoms with Crippen LogP contribution in [0, 0.1) is 6.92 Å². The molecule has 0 aliphatic carbocycles. The third kappa shape index (κ3) is 2.55. The highest BCUT2D eigenvalue weighted by atomic mass is 15.1. The number of hydrogen-bond acceptors (Lipinski definition) is 2.